The molecule has 20 heteroatoms. The Hall–Kier alpha value is -6.60. The summed E-state index contributed by atoms with van der Waals surface area (Å²) in [4.78, 5) is 59.2. The van der Waals surface area contributed by atoms with E-state index in [1.54, 1.807) is 21.8 Å². The van der Waals surface area contributed by atoms with E-state index in [1.165, 1.54) is 64.2 Å². The number of rotatable bonds is 16. The number of piperidine rings is 2. The summed E-state index contributed by atoms with van der Waals surface area (Å²) in [6.07, 6.45) is 15.4. The highest BCUT2D eigenvalue weighted by Crippen LogP contribution is 2.25. The van der Waals surface area contributed by atoms with Crippen LogP contribution in [0.5, 0.6) is 0 Å². The Morgan fingerprint density at radius 1 is 0.330 bits per heavy atom. The number of hydrogen-bond donors (Lipinski definition) is 0. The molecule has 4 aliphatic heterocycles. The average molecular weight is 1270 g/mol. The maximum atomic E-state index is 12.7. The van der Waals surface area contributed by atoms with Gasteiger partial charge in [0, 0.05) is 20.1 Å². The molecule has 0 radical (unpaired) electrons. The Balaban J connectivity index is 0.000000140. The molecule has 4 saturated heterocycles. The fourth-order valence-electron chi connectivity index (χ4n) is 12.1. The maximum absolute atomic E-state index is 12.7. The number of ketones is 4. The average Bonchev–Trinajstić information content (AvgIpc) is 2.38. The molecular formula is C68H80Cl4N12O4. The van der Waals surface area contributed by atoms with Crippen LogP contribution in [0, 0.1) is 41.5 Å². The quantitative estimate of drug-likeness (QED) is 0.0846. The van der Waals surface area contributed by atoms with Crippen LogP contribution < -0.4 is 0 Å². The Bertz CT molecular complexity index is 3640. The lowest BCUT2D eigenvalue weighted by atomic mass is 10.1. The summed E-state index contributed by atoms with van der Waals surface area (Å²) in [5, 5.41) is 20.6. The lowest BCUT2D eigenvalue weighted by molar-refractivity contribution is 0.0907. The molecule has 0 amide bonds. The molecule has 0 spiro atoms. The third-order valence-electron chi connectivity index (χ3n) is 16.8. The summed E-state index contributed by atoms with van der Waals surface area (Å²) < 4.78 is 7.23. The third kappa shape index (κ3) is 17.0. The van der Waals surface area contributed by atoms with Gasteiger partial charge < -0.3 is 0 Å². The van der Waals surface area contributed by atoms with Crippen molar-refractivity contribution in [1.29, 1.82) is 0 Å². The number of aryl methyl sites for hydroxylation is 2. The van der Waals surface area contributed by atoms with Crippen LogP contribution in [0.2, 0.25) is 20.1 Å². The van der Waals surface area contributed by atoms with Gasteiger partial charge in [-0.2, -0.15) is 20.4 Å². The maximum Gasteiger partial charge on any atom is 0.180 e. The molecule has 0 saturated carbocycles. The van der Waals surface area contributed by atoms with Gasteiger partial charge in [-0.3, -0.25) is 38.8 Å². The van der Waals surface area contributed by atoms with Crippen molar-refractivity contribution in [3.63, 3.8) is 0 Å². The molecule has 8 aromatic rings. The molecule has 12 rings (SSSR count). The van der Waals surface area contributed by atoms with Gasteiger partial charge in [-0.25, -0.2) is 18.7 Å². The SMILES string of the molecule is Cc1c(C(=O)CN2CCCC2)cnn1-c1ccc(Cl)cc1.Cc1c(C(=O)CN2CCCCC2)cnn1-c1ccc(Cl)cc1.Cc1nn(-c2ccc(Cl)cc2)c(C)c1C(=O)CN1CCCC1.Cc1nn(-c2ccc(Cl)cc2)c(C)c1C(=O)CN1CCCCC1. The first-order chi connectivity index (χ1) is 42.4. The summed E-state index contributed by atoms with van der Waals surface area (Å²) in [5.41, 5.74) is 11.7. The second kappa shape index (κ2) is 31.2. The van der Waals surface area contributed by atoms with Gasteiger partial charge in [-0.05, 0) is 242 Å². The number of benzene rings is 4. The largest absolute Gasteiger partial charge is 0.296 e. The van der Waals surface area contributed by atoms with E-state index < -0.39 is 0 Å². The van der Waals surface area contributed by atoms with E-state index in [0.29, 0.717) is 57.4 Å². The number of carbonyl (C=O) groups is 4. The second-order valence-corrected chi connectivity index (χ2v) is 25.0. The number of likely N-dealkylation sites (tertiary alicyclic amines) is 4. The number of halogens is 4. The molecule has 4 fully saturated rings. The van der Waals surface area contributed by atoms with Crippen molar-refractivity contribution in [3.05, 3.63) is 186 Å². The predicted octanol–water partition coefficient (Wildman–Crippen LogP) is 13.8. The molecule has 0 atom stereocenters. The monoisotopic (exact) mass is 1270 g/mol. The highest BCUT2D eigenvalue weighted by molar-refractivity contribution is 6.31. The summed E-state index contributed by atoms with van der Waals surface area (Å²) >= 11 is 23.7. The predicted molar refractivity (Wildman–Crippen MR) is 352 cm³/mol. The van der Waals surface area contributed by atoms with E-state index in [2.05, 4.69) is 40.0 Å². The van der Waals surface area contributed by atoms with Crippen LogP contribution in [0.3, 0.4) is 0 Å². The molecule has 8 heterocycles. The standard InChI is InChI=1S/C18H22ClN3O.2C17H20ClN3O.C16H18ClN3O/c1-13-18(17(23)12-21-10-4-3-5-11-21)14(2)22(20-13)16-8-6-15(19)7-9-16;1-12-17(16(22)11-20-9-3-4-10-20)13(2)21(19-12)15-7-5-14(18)6-8-15;1-13-16(17(22)12-20-9-3-2-4-10-20)11-19-21(13)15-7-5-14(18)6-8-15;1-12-15(16(21)11-19-8-2-3-9-19)10-18-20(12)14-6-4-13(17)5-7-14/h6-9H,3-5,10-12H2,1-2H3;5-8H,3-4,9-11H2,1-2H3;5-8,11H,2-4,9-10,12H2,1H3;4-7,10H,2-3,8-9,11H2,1H3. The number of hydrogen-bond acceptors (Lipinski definition) is 12. The highest BCUT2D eigenvalue weighted by Gasteiger charge is 2.26. The summed E-state index contributed by atoms with van der Waals surface area (Å²) in [5.74, 6) is 0.633. The van der Waals surface area contributed by atoms with Crippen LogP contribution in [0.1, 0.15) is 140 Å². The Labute approximate surface area is 537 Å². The van der Waals surface area contributed by atoms with Crippen molar-refractivity contribution >= 4 is 69.5 Å². The Kier molecular flexibility index (Phi) is 23.4. The van der Waals surface area contributed by atoms with E-state index in [0.717, 1.165) is 120 Å². The molecule has 16 nitrogen and oxygen atoms in total. The number of carbonyl (C=O) groups excluding carboxylic acids is 4. The molecule has 88 heavy (non-hydrogen) atoms. The smallest absolute Gasteiger partial charge is 0.180 e. The summed E-state index contributed by atoms with van der Waals surface area (Å²) in [6, 6.07) is 29.9. The minimum atomic E-state index is 0.148. The van der Waals surface area contributed by atoms with E-state index in [4.69, 9.17) is 46.4 Å². The molecular weight excluding hydrogens is 1190 g/mol. The number of nitrogens with zero attached hydrogens (tertiary/aromatic N) is 12. The second-order valence-electron chi connectivity index (χ2n) is 23.3. The number of aromatic nitrogens is 8. The van der Waals surface area contributed by atoms with Gasteiger partial charge >= 0.3 is 0 Å². The summed E-state index contributed by atoms with van der Waals surface area (Å²) in [7, 11) is 0. The fourth-order valence-corrected chi connectivity index (χ4v) is 12.6. The molecule has 4 aliphatic rings. The van der Waals surface area contributed by atoms with Gasteiger partial charge in [-0.1, -0.05) is 59.2 Å². The first-order valence-electron chi connectivity index (χ1n) is 30.7. The summed E-state index contributed by atoms with van der Waals surface area (Å²) in [6.45, 7) is 21.7. The zero-order valence-corrected chi connectivity index (χ0v) is 54.5. The molecule has 464 valence electrons. The van der Waals surface area contributed by atoms with Crippen LogP contribution in [0.25, 0.3) is 22.7 Å². The normalized spacial score (nSPS) is 15.7. The topological polar surface area (TPSA) is 153 Å². The molecule has 0 unspecified atom stereocenters. The fraction of sp³-hybridized carbons (Fsp3) is 0.412. The van der Waals surface area contributed by atoms with Crippen molar-refractivity contribution in [3.8, 4) is 22.7 Å². The zero-order chi connectivity index (χ0) is 62.4. The van der Waals surface area contributed by atoms with Gasteiger partial charge in [0.25, 0.3) is 0 Å². The van der Waals surface area contributed by atoms with Crippen molar-refractivity contribution in [2.75, 3.05) is 78.5 Å². The van der Waals surface area contributed by atoms with E-state index in [9.17, 15) is 19.2 Å². The van der Waals surface area contributed by atoms with Gasteiger partial charge in [0.2, 0.25) is 0 Å². The van der Waals surface area contributed by atoms with Gasteiger partial charge in [0.05, 0.1) is 118 Å². The molecule has 4 aromatic heterocycles. The van der Waals surface area contributed by atoms with E-state index in [-0.39, 0.29) is 23.1 Å². The lowest BCUT2D eigenvalue weighted by Gasteiger charge is -2.25. The van der Waals surface area contributed by atoms with E-state index >= 15 is 0 Å². The highest BCUT2D eigenvalue weighted by atomic mass is 35.5. The van der Waals surface area contributed by atoms with Crippen LogP contribution >= 0.6 is 46.4 Å². The van der Waals surface area contributed by atoms with Crippen molar-refractivity contribution in [1.82, 2.24) is 58.7 Å². The molecule has 0 aliphatic carbocycles. The molecule has 0 bridgehead atoms. The van der Waals surface area contributed by atoms with Crippen LogP contribution in [-0.2, 0) is 0 Å². The van der Waals surface area contributed by atoms with E-state index in [1.807, 2.05) is 148 Å². The number of Topliss-reactive ketones (excluding diaryl/α,β-unsaturated/α-hetero) is 4. The first kappa shape index (κ1) is 65.8. The van der Waals surface area contributed by atoms with Crippen LogP contribution in [0.15, 0.2) is 109 Å². The van der Waals surface area contributed by atoms with Crippen molar-refractivity contribution in [2.45, 2.75) is 106 Å². The minimum absolute atomic E-state index is 0.148. The lowest BCUT2D eigenvalue weighted by Crippen LogP contribution is -2.34. The Morgan fingerprint density at radius 3 is 0.841 bits per heavy atom. The first-order valence-corrected chi connectivity index (χ1v) is 32.2. The van der Waals surface area contributed by atoms with Crippen LogP contribution in [-0.4, -0.2) is 160 Å². The van der Waals surface area contributed by atoms with Gasteiger partial charge in [-0.15, -0.1) is 0 Å². The van der Waals surface area contributed by atoms with Crippen molar-refractivity contribution in [2.24, 2.45) is 0 Å². The van der Waals surface area contributed by atoms with Gasteiger partial charge in [0.1, 0.15) is 0 Å². The minimum Gasteiger partial charge on any atom is -0.296 e. The van der Waals surface area contributed by atoms with Crippen LogP contribution in [0.4, 0.5) is 0 Å². The Morgan fingerprint density at radius 2 is 0.568 bits per heavy atom. The zero-order valence-electron chi connectivity index (χ0n) is 51.5. The molecule has 4 aromatic carbocycles. The van der Waals surface area contributed by atoms with Crippen molar-refractivity contribution < 1.29 is 19.2 Å². The van der Waals surface area contributed by atoms with Gasteiger partial charge in [0.15, 0.2) is 23.1 Å². The molecule has 0 N–H and O–H groups in total. The third-order valence-corrected chi connectivity index (χ3v) is 17.8.